The second-order valence-corrected chi connectivity index (χ2v) is 6.37. The van der Waals surface area contributed by atoms with Crippen LogP contribution in [0.5, 0.6) is 0 Å². The van der Waals surface area contributed by atoms with Crippen LogP contribution in [0.15, 0.2) is 0 Å². The minimum absolute atomic E-state index is 0.0279. The highest BCUT2D eigenvalue weighted by Crippen LogP contribution is 2.35. The number of amides is 1. The molecule has 0 aromatic carbocycles. The van der Waals surface area contributed by atoms with Crippen LogP contribution in [0.25, 0.3) is 0 Å². The third-order valence-corrected chi connectivity index (χ3v) is 4.40. The smallest absolute Gasteiger partial charge is 0.326 e. The molecule has 0 bridgehead atoms. The molecule has 1 unspecified atom stereocenters. The average molecular weight is 268 g/mol. The minimum Gasteiger partial charge on any atom is -0.480 e. The third-order valence-electron chi connectivity index (χ3n) is 4.40. The van der Waals surface area contributed by atoms with Gasteiger partial charge in [-0.25, -0.2) is 4.79 Å². The molecular weight excluding hydrogens is 244 g/mol. The van der Waals surface area contributed by atoms with Gasteiger partial charge in [0.1, 0.15) is 6.04 Å². The van der Waals surface area contributed by atoms with Gasteiger partial charge in [0.15, 0.2) is 0 Å². The zero-order chi connectivity index (χ0) is 14.0. The highest BCUT2D eigenvalue weighted by Gasteiger charge is 2.45. The summed E-state index contributed by atoms with van der Waals surface area (Å²) in [6.07, 6.45) is 4.69. The van der Waals surface area contributed by atoms with Crippen LogP contribution in [0, 0.1) is 5.41 Å². The molecule has 0 aromatic rings. The number of hydrogen-bond acceptors (Lipinski definition) is 3. The first-order chi connectivity index (χ1) is 8.93. The number of hydrogen-bond donors (Lipinski definition) is 2. The maximum atomic E-state index is 12.6. The van der Waals surface area contributed by atoms with E-state index in [4.69, 9.17) is 0 Å². The molecular formula is C14H24N2O3. The van der Waals surface area contributed by atoms with Crippen molar-refractivity contribution in [3.8, 4) is 0 Å². The number of piperidine rings is 2. The van der Waals surface area contributed by atoms with Crippen LogP contribution in [-0.4, -0.2) is 47.1 Å². The summed E-state index contributed by atoms with van der Waals surface area (Å²) in [6.45, 7) is 5.31. The molecule has 5 nitrogen and oxygen atoms in total. The van der Waals surface area contributed by atoms with Crippen molar-refractivity contribution in [1.29, 1.82) is 0 Å². The van der Waals surface area contributed by atoms with E-state index in [1.54, 1.807) is 4.90 Å². The van der Waals surface area contributed by atoms with E-state index in [9.17, 15) is 14.7 Å². The van der Waals surface area contributed by atoms with E-state index >= 15 is 0 Å². The van der Waals surface area contributed by atoms with Crippen molar-refractivity contribution in [2.45, 2.75) is 58.0 Å². The molecule has 1 amide bonds. The Kier molecular flexibility index (Phi) is 4.13. The quantitative estimate of drug-likeness (QED) is 0.790. The molecule has 108 valence electrons. The van der Waals surface area contributed by atoms with Crippen molar-refractivity contribution in [2.75, 3.05) is 13.1 Å². The SMILES string of the molecule is CC1(C)CCCN(C(=O)[C@@H]2CCCCN2)C1C(=O)O. The maximum Gasteiger partial charge on any atom is 0.326 e. The van der Waals surface area contributed by atoms with Gasteiger partial charge >= 0.3 is 5.97 Å². The first-order valence-corrected chi connectivity index (χ1v) is 7.20. The number of carbonyl (C=O) groups excluding carboxylic acids is 1. The fraction of sp³-hybridized carbons (Fsp3) is 0.857. The van der Waals surface area contributed by atoms with E-state index in [0.29, 0.717) is 6.54 Å². The zero-order valence-corrected chi connectivity index (χ0v) is 11.8. The van der Waals surface area contributed by atoms with Crippen molar-refractivity contribution < 1.29 is 14.7 Å². The van der Waals surface area contributed by atoms with E-state index in [2.05, 4.69) is 5.32 Å². The number of likely N-dealkylation sites (tertiary alicyclic amines) is 1. The number of aliphatic carboxylic acids is 1. The Morgan fingerprint density at radius 3 is 2.58 bits per heavy atom. The highest BCUT2D eigenvalue weighted by atomic mass is 16.4. The van der Waals surface area contributed by atoms with Gasteiger partial charge in [0.25, 0.3) is 0 Å². The van der Waals surface area contributed by atoms with Crippen LogP contribution >= 0.6 is 0 Å². The van der Waals surface area contributed by atoms with Crippen molar-refractivity contribution in [3.05, 3.63) is 0 Å². The van der Waals surface area contributed by atoms with Gasteiger partial charge in [0, 0.05) is 6.54 Å². The van der Waals surface area contributed by atoms with Gasteiger partial charge in [-0.3, -0.25) is 4.79 Å². The molecule has 19 heavy (non-hydrogen) atoms. The van der Waals surface area contributed by atoms with Gasteiger partial charge in [-0.2, -0.15) is 0 Å². The molecule has 0 aromatic heterocycles. The van der Waals surface area contributed by atoms with Gasteiger partial charge in [-0.05, 0) is 37.6 Å². The number of carboxylic acids is 1. The molecule has 2 rings (SSSR count). The topological polar surface area (TPSA) is 69.6 Å². The second kappa shape index (κ2) is 5.49. The summed E-state index contributed by atoms with van der Waals surface area (Å²) in [5.74, 6) is -0.909. The predicted octanol–water partition coefficient (Wildman–Crippen LogP) is 1.23. The third kappa shape index (κ3) is 2.91. The van der Waals surface area contributed by atoms with Crippen molar-refractivity contribution in [2.24, 2.45) is 5.41 Å². The van der Waals surface area contributed by atoms with Crippen LogP contribution in [-0.2, 0) is 9.59 Å². The number of carbonyl (C=O) groups is 2. The molecule has 0 saturated carbocycles. The van der Waals surface area contributed by atoms with Gasteiger partial charge in [0.2, 0.25) is 5.91 Å². The van der Waals surface area contributed by atoms with Crippen molar-refractivity contribution in [3.63, 3.8) is 0 Å². The Bertz CT molecular complexity index is 362. The van der Waals surface area contributed by atoms with Gasteiger partial charge in [0.05, 0.1) is 6.04 Å². The Morgan fingerprint density at radius 2 is 2.00 bits per heavy atom. The molecule has 2 aliphatic rings. The van der Waals surface area contributed by atoms with Crippen LogP contribution < -0.4 is 5.32 Å². The average Bonchev–Trinajstić information content (AvgIpc) is 2.37. The second-order valence-electron chi connectivity index (χ2n) is 6.37. The molecule has 5 heteroatoms. The van der Waals surface area contributed by atoms with E-state index in [0.717, 1.165) is 38.6 Å². The Morgan fingerprint density at radius 1 is 1.26 bits per heavy atom. The Labute approximate surface area is 114 Å². The van der Waals surface area contributed by atoms with Crippen molar-refractivity contribution in [1.82, 2.24) is 10.2 Å². The summed E-state index contributed by atoms with van der Waals surface area (Å²) in [5, 5.41) is 12.7. The van der Waals surface area contributed by atoms with E-state index in [1.807, 2.05) is 13.8 Å². The van der Waals surface area contributed by atoms with E-state index in [1.165, 1.54) is 0 Å². The summed E-state index contributed by atoms with van der Waals surface area (Å²) < 4.78 is 0. The number of nitrogens with one attached hydrogen (secondary N) is 1. The molecule has 0 radical (unpaired) electrons. The molecule has 0 spiro atoms. The Balaban J connectivity index is 2.15. The Hall–Kier alpha value is -1.10. The first kappa shape index (κ1) is 14.3. The lowest BCUT2D eigenvalue weighted by molar-refractivity contribution is -0.160. The zero-order valence-electron chi connectivity index (χ0n) is 11.8. The number of rotatable bonds is 2. The number of carboxylic acid groups (broad SMARTS) is 1. The largest absolute Gasteiger partial charge is 0.480 e. The van der Waals surface area contributed by atoms with Crippen LogP contribution in [0.1, 0.15) is 46.0 Å². The van der Waals surface area contributed by atoms with E-state index in [-0.39, 0.29) is 17.4 Å². The fourth-order valence-corrected chi connectivity index (χ4v) is 3.36. The summed E-state index contributed by atoms with van der Waals surface area (Å²) in [5.41, 5.74) is -0.353. The van der Waals surface area contributed by atoms with Gasteiger partial charge in [-0.1, -0.05) is 20.3 Å². The fourth-order valence-electron chi connectivity index (χ4n) is 3.36. The van der Waals surface area contributed by atoms with Gasteiger partial charge in [-0.15, -0.1) is 0 Å². The molecule has 2 fully saturated rings. The molecule has 2 aliphatic heterocycles. The summed E-state index contributed by atoms with van der Waals surface area (Å²) in [6, 6.07) is -0.887. The molecule has 2 heterocycles. The van der Waals surface area contributed by atoms with Gasteiger partial charge < -0.3 is 15.3 Å². The van der Waals surface area contributed by atoms with Crippen LogP contribution in [0.4, 0.5) is 0 Å². The predicted molar refractivity (Wildman–Crippen MR) is 71.8 cm³/mol. The lowest BCUT2D eigenvalue weighted by Crippen LogP contribution is -2.60. The molecule has 0 aliphatic carbocycles. The lowest BCUT2D eigenvalue weighted by atomic mass is 9.76. The molecule has 2 N–H and O–H groups in total. The van der Waals surface area contributed by atoms with E-state index < -0.39 is 12.0 Å². The summed E-state index contributed by atoms with van der Waals surface area (Å²) in [4.78, 5) is 25.7. The molecule has 2 atom stereocenters. The monoisotopic (exact) mass is 268 g/mol. The van der Waals surface area contributed by atoms with Crippen LogP contribution in [0.2, 0.25) is 0 Å². The summed E-state index contributed by atoms with van der Waals surface area (Å²) in [7, 11) is 0. The van der Waals surface area contributed by atoms with Crippen molar-refractivity contribution >= 4 is 11.9 Å². The normalized spacial score (nSPS) is 30.9. The first-order valence-electron chi connectivity index (χ1n) is 7.20. The lowest BCUT2D eigenvalue weighted by Gasteiger charge is -2.45. The van der Waals surface area contributed by atoms with Crippen LogP contribution in [0.3, 0.4) is 0 Å². The standard InChI is InChI=1S/C14H24N2O3/c1-14(2)7-5-9-16(11(14)13(18)19)12(17)10-6-3-4-8-15-10/h10-11,15H,3-9H2,1-2H3,(H,18,19)/t10-,11?/m0/s1. The molecule has 2 saturated heterocycles. The minimum atomic E-state index is -0.881. The highest BCUT2D eigenvalue weighted by molar-refractivity contribution is 5.87. The number of nitrogens with zero attached hydrogens (tertiary/aromatic N) is 1. The summed E-state index contributed by atoms with van der Waals surface area (Å²) >= 11 is 0. The maximum absolute atomic E-state index is 12.6.